The highest BCUT2D eigenvalue weighted by Gasteiger charge is 2.29. The van der Waals surface area contributed by atoms with Crippen molar-refractivity contribution < 1.29 is 19.1 Å². The minimum absolute atomic E-state index is 0.0889. The van der Waals surface area contributed by atoms with Crippen LogP contribution in [0.5, 0.6) is 11.5 Å². The van der Waals surface area contributed by atoms with Crippen molar-refractivity contribution in [2.45, 2.75) is 12.5 Å². The molecule has 0 bridgehead atoms. The summed E-state index contributed by atoms with van der Waals surface area (Å²) < 4.78 is 12.0. The van der Waals surface area contributed by atoms with Crippen molar-refractivity contribution in [2.75, 3.05) is 24.9 Å². The molecule has 2 aromatic carbocycles. The smallest absolute Gasteiger partial charge is 0.261 e. The SMILES string of the molecule is COc1ccc(C(=O)Nc2nc3n(n2)C(c2ccccc2)CC(=O)N3)c(OC)c1. The highest BCUT2D eigenvalue weighted by molar-refractivity contribution is 6.05. The fraction of sp³-hybridized carbons (Fsp3) is 0.200. The molecule has 0 saturated heterocycles. The summed E-state index contributed by atoms with van der Waals surface area (Å²) in [4.78, 5) is 29.1. The first-order valence-corrected chi connectivity index (χ1v) is 8.93. The average Bonchev–Trinajstić information content (AvgIpc) is 3.15. The van der Waals surface area contributed by atoms with Crippen LogP contribution in [-0.2, 0) is 4.79 Å². The van der Waals surface area contributed by atoms with Crippen LogP contribution >= 0.6 is 0 Å². The molecule has 148 valence electrons. The summed E-state index contributed by atoms with van der Waals surface area (Å²) in [5.74, 6) is 0.713. The molecule has 0 fully saturated rings. The fourth-order valence-corrected chi connectivity index (χ4v) is 3.21. The van der Waals surface area contributed by atoms with E-state index in [2.05, 4.69) is 20.7 Å². The maximum atomic E-state index is 12.7. The van der Waals surface area contributed by atoms with E-state index in [1.54, 1.807) is 22.9 Å². The summed E-state index contributed by atoms with van der Waals surface area (Å²) >= 11 is 0. The summed E-state index contributed by atoms with van der Waals surface area (Å²) in [6.45, 7) is 0. The van der Waals surface area contributed by atoms with Crippen LogP contribution in [0, 0.1) is 0 Å². The van der Waals surface area contributed by atoms with Gasteiger partial charge in [0.15, 0.2) is 0 Å². The van der Waals surface area contributed by atoms with Crippen molar-refractivity contribution in [3.63, 3.8) is 0 Å². The summed E-state index contributed by atoms with van der Waals surface area (Å²) in [6, 6.07) is 14.1. The summed E-state index contributed by atoms with van der Waals surface area (Å²) in [5.41, 5.74) is 1.24. The van der Waals surface area contributed by atoms with Gasteiger partial charge in [-0.3, -0.25) is 20.2 Å². The molecule has 2 heterocycles. The van der Waals surface area contributed by atoms with Crippen LogP contribution in [0.1, 0.15) is 28.4 Å². The van der Waals surface area contributed by atoms with E-state index >= 15 is 0 Å². The molecular formula is C20H19N5O4. The average molecular weight is 393 g/mol. The van der Waals surface area contributed by atoms with Gasteiger partial charge in [0.05, 0.1) is 32.2 Å². The normalized spacial score (nSPS) is 15.2. The van der Waals surface area contributed by atoms with E-state index in [-0.39, 0.29) is 30.3 Å². The number of nitrogens with zero attached hydrogens (tertiary/aromatic N) is 3. The number of anilines is 2. The van der Waals surface area contributed by atoms with Gasteiger partial charge in [0.2, 0.25) is 11.9 Å². The quantitative estimate of drug-likeness (QED) is 0.690. The number of nitrogens with one attached hydrogen (secondary N) is 2. The minimum atomic E-state index is -0.435. The van der Waals surface area contributed by atoms with Crippen LogP contribution in [0.2, 0.25) is 0 Å². The van der Waals surface area contributed by atoms with Gasteiger partial charge in [-0.1, -0.05) is 30.3 Å². The molecule has 1 unspecified atom stereocenters. The van der Waals surface area contributed by atoms with Gasteiger partial charge >= 0.3 is 0 Å². The number of amides is 2. The van der Waals surface area contributed by atoms with Gasteiger partial charge < -0.3 is 9.47 Å². The molecule has 1 aromatic heterocycles. The van der Waals surface area contributed by atoms with Gasteiger partial charge in [-0.15, -0.1) is 5.10 Å². The lowest BCUT2D eigenvalue weighted by molar-refractivity contribution is -0.117. The third-order valence-corrected chi connectivity index (χ3v) is 4.62. The lowest BCUT2D eigenvalue weighted by atomic mass is 10.0. The molecule has 2 amide bonds. The molecule has 4 rings (SSSR count). The van der Waals surface area contributed by atoms with Crippen molar-refractivity contribution >= 4 is 23.7 Å². The van der Waals surface area contributed by atoms with Crippen LogP contribution in [0.25, 0.3) is 0 Å². The van der Waals surface area contributed by atoms with Crippen molar-refractivity contribution in [2.24, 2.45) is 0 Å². The first kappa shape index (κ1) is 18.5. The Balaban J connectivity index is 1.62. The van der Waals surface area contributed by atoms with Crippen LogP contribution in [0.15, 0.2) is 48.5 Å². The molecule has 0 aliphatic carbocycles. The van der Waals surface area contributed by atoms with E-state index in [1.165, 1.54) is 14.2 Å². The molecule has 1 aliphatic rings. The topological polar surface area (TPSA) is 107 Å². The lowest BCUT2D eigenvalue weighted by Crippen LogP contribution is -2.29. The zero-order chi connectivity index (χ0) is 20.4. The van der Waals surface area contributed by atoms with E-state index in [1.807, 2.05) is 30.3 Å². The van der Waals surface area contributed by atoms with E-state index in [0.717, 1.165) is 5.56 Å². The Hall–Kier alpha value is -3.88. The highest BCUT2D eigenvalue weighted by Crippen LogP contribution is 2.30. The fourth-order valence-electron chi connectivity index (χ4n) is 3.21. The molecule has 29 heavy (non-hydrogen) atoms. The first-order chi connectivity index (χ1) is 14.1. The summed E-state index contributed by atoms with van der Waals surface area (Å²) in [5, 5.41) is 9.74. The Morgan fingerprint density at radius 2 is 1.97 bits per heavy atom. The largest absolute Gasteiger partial charge is 0.497 e. The third kappa shape index (κ3) is 3.62. The number of carbonyl (C=O) groups excluding carboxylic acids is 2. The zero-order valence-electron chi connectivity index (χ0n) is 15.9. The molecule has 0 saturated carbocycles. The van der Waals surface area contributed by atoms with E-state index in [0.29, 0.717) is 17.1 Å². The number of ether oxygens (including phenoxy) is 2. The first-order valence-electron chi connectivity index (χ1n) is 8.93. The van der Waals surface area contributed by atoms with Crippen molar-refractivity contribution in [3.8, 4) is 11.5 Å². The lowest BCUT2D eigenvalue weighted by Gasteiger charge is -2.23. The van der Waals surface area contributed by atoms with Gasteiger partial charge in [-0.05, 0) is 17.7 Å². The molecule has 3 aromatic rings. The number of benzene rings is 2. The number of fused-ring (bicyclic) bond motifs is 1. The highest BCUT2D eigenvalue weighted by atomic mass is 16.5. The van der Waals surface area contributed by atoms with Crippen molar-refractivity contribution in [1.82, 2.24) is 14.8 Å². The number of hydrogen-bond donors (Lipinski definition) is 2. The molecule has 9 heteroatoms. The number of carbonyl (C=O) groups is 2. The maximum Gasteiger partial charge on any atom is 0.261 e. The zero-order valence-corrected chi connectivity index (χ0v) is 15.9. The monoisotopic (exact) mass is 393 g/mol. The van der Waals surface area contributed by atoms with E-state index in [9.17, 15) is 9.59 Å². The van der Waals surface area contributed by atoms with E-state index in [4.69, 9.17) is 9.47 Å². The number of aromatic nitrogens is 3. The predicted octanol–water partition coefficient (Wildman–Crippen LogP) is 2.48. The predicted molar refractivity (Wildman–Crippen MR) is 105 cm³/mol. The standard InChI is InChI=1S/C20H19N5O4/c1-28-13-8-9-14(16(10-13)29-2)18(27)22-19-23-20-21-17(26)11-15(25(20)24-19)12-6-4-3-5-7-12/h3-10,15H,11H2,1-2H3,(H2,21,22,23,24,26,27). The maximum absolute atomic E-state index is 12.7. The number of hydrogen-bond acceptors (Lipinski definition) is 6. The molecular weight excluding hydrogens is 374 g/mol. The number of rotatable bonds is 5. The number of methoxy groups -OCH3 is 2. The second kappa shape index (κ2) is 7.63. The minimum Gasteiger partial charge on any atom is -0.497 e. The molecule has 1 atom stereocenters. The summed E-state index contributed by atoms with van der Waals surface area (Å²) in [6.07, 6.45) is 0.236. The van der Waals surface area contributed by atoms with Gasteiger partial charge in [0.1, 0.15) is 11.5 Å². The van der Waals surface area contributed by atoms with Gasteiger partial charge in [-0.2, -0.15) is 4.98 Å². The van der Waals surface area contributed by atoms with Crippen LogP contribution < -0.4 is 20.1 Å². The van der Waals surface area contributed by atoms with Crippen molar-refractivity contribution in [3.05, 3.63) is 59.7 Å². The Morgan fingerprint density at radius 3 is 2.69 bits per heavy atom. The Kier molecular flexibility index (Phi) is 4.86. The van der Waals surface area contributed by atoms with Crippen LogP contribution in [-0.4, -0.2) is 40.8 Å². The Morgan fingerprint density at radius 1 is 1.17 bits per heavy atom. The van der Waals surface area contributed by atoms with E-state index < -0.39 is 5.91 Å². The Labute approximate surface area is 166 Å². The van der Waals surface area contributed by atoms with Crippen molar-refractivity contribution in [1.29, 1.82) is 0 Å². The molecule has 0 radical (unpaired) electrons. The molecule has 9 nitrogen and oxygen atoms in total. The third-order valence-electron chi connectivity index (χ3n) is 4.62. The second-order valence-electron chi connectivity index (χ2n) is 6.40. The Bertz CT molecular complexity index is 1060. The second-order valence-corrected chi connectivity index (χ2v) is 6.40. The molecule has 0 spiro atoms. The van der Waals surface area contributed by atoms with Crippen LogP contribution in [0.3, 0.4) is 0 Å². The van der Waals surface area contributed by atoms with Gasteiger partial charge in [-0.25, -0.2) is 4.68 Å². The van der Waals surface area contributed by atoms with Crippen LogP contribution in [0.4, 0.5) is 11.9 Å². The molecule has 2 N–H and O–H groups in total. The molecule has 1 aliphatic heterocycles. The van der Waals surface area contributed by atoms with Gasteiger partial charge in [0, 0.05) is 6.07 Å². The van der Waals surface area contributed by atoms with Gasteiger partial charge in [0.25, 0.3) is 11.9 Å². The summed E-state index contributed by atoms with van der Waals surface area (Å²) in [7, 11) is 3.00.